The minimum absolute atomic E-state index is 0.132. The molecule has 0 radical (unpaired) electrons. The maximum Gasteiger partial charge on any atom is 0.320 e. The Labute approximate surface area is 177 Å². The van der Waals surface area contributed by atoms with E-state index in [4.69, 9.17) is 17.0 Å². The van der Waals surface area contributed by atoms with Crippen LogP contribution in [-0.2, 0) is 4.79 Å². The first kappa shape index (κ1) is 21.1. The van der Waals surface area contributed by atoms with Crippen molar-refractivity contribution in [3.63, 3.8) is 0 Å². The molecule has 9 nitrogen and oxygen atoms in total. The maximum absolute atomic E-state index is 13.1. The number of anilines is 1. The summed E-state index contributed by atoms with van der Waals surface area (Å²) in [4.78, 5) is 24.3. The second-order valence-electron chi connectivity index (χ2n) is 6.71. The monoisotopic (exact) mass is 428 g/mol. The van der Waals surface area contributed by atoms with Gasteiger partial charge in [0, 0.05) is 11.4 Å². The van der Waals surface area contributed by atoms with Gasteiger partial charge < -0.3 is 25.8 Å². The average Bonchev–Trinajstić information content (AvgIpc) is 2.66. The second-order valence-corrected chi connectivity index (χ2v) is 7.11. The molecule has 0 saturated carbocycles. The zero-order chi connectivity index (χ0) is 22.0. The molecule has 0 fully saturated rings. The number of hydrogen-bond acceptors (Lipinski definition) is 6. The number of amides is 1. The van der Waals surface area contributed by atoms with Crippen molar-refractivity contribution in [3.8, 4) is 11.5 Å². The highest BCUT2D eigenvalue weighted by Crippen LogP contribution is 2.43. The van der Waals surface area contributed by atoms with Crippen molar-refractivity contribution in [1.29, 1.82) is 0 Å². The highest BCUT2D eigenvalue weighted by molar-refractivity contribution is 7.80. The fourth-order valence-electron chi connectivity index (χ4n) is 3.35. The molecule has 2 aromatic rings. The van der Waals surface area contributed by atoms with Crippen LogP contribution in [0.4, 0.5) is 11.4 Å². The summed E-state index contributed by atoms with van der Waals surface area (Å²) in [5.74, 6) is -1.12. The number of nitro groups is 1. The number of nitrogens with one attached hydrogen (secondary N) is 3. The van der Waals surface area contributed by atoms with E-state index in [1.807, 2.05) is 25.1 Å². The SMILES string of the molecule is COc1c(O)ccc([C@@H]2NC(=S)NC(C)=C2C(=O)Nc2cccc(C)c2)c1[N+](=O)[O-]. The summed E-state index contributed by atoms with van der Waals surface area (Å²) in [6.45, 7) is 3.56. The molecule has 10 heteroatoms. The van der Waals surface area contributed by atoms with Crippen LogP contribution in [-0.4, -0.2) is 28.2 Å². The fourth-order valence-corrected chi connectivity index (χ4v) is 3.62. The number of rotatable bonds is 5. The molecule has 2 aromatic carbocycles. The molecule has 0 aliphatic carbocycles. The first-order valence-electron chi connectivity index (χ1n) is 8.93. The Morgan fingerprint density at radius 2 is 2.03 bits per heavy atom. The molecule has 156 valence electrons. The molecule has 1 atom stereocenters. The van der Waals surface area contributed by atoms with Gasteiger partial charge in [-0.25, -0.2) is 0 Å². The lowest BCUT2D eigenvalue weighted by Gasteiger charge is -2.30. The van der Waals surface area contributed by atoms with Crippen LogP contribution in [0.3, 0.4) is 0 Å². The lowest BCUT2D eigenvalue weighted by Crippen LogP contribution is -2.46. The number of phenolic OH excluding ortho intramolecular Hbond substituents is 1. The number of nitro benzene ring substituents is 1. The van der Waals surface area contributed by atoms with E-state index in [0.717, 1.165) is 5.56 Å². The van der Waals surface area contributed by atoms with E-state index < -0.39 is 22.6 Å². The number of ether oxygens (including phenoxy) is 1. The summed E-state index contributed by atoms with van der Waals surface area (Å²) in [5.41, 5.74) is 1.91. The van der Waals surface area contributed by atoms with E-state index in [9.17, 15) is 20.0 Å². The Balaban J connectivity index is 2.11. The Hall–Kier alpha value is -3.66. The molecule has 0 aromatic heterocycles. The standard InChI is InChI=1S/C20H20N4O5S/c1-10-5-4-6-12(9-10)22-19(26)15-11(2)21-20(30)23-16(15)13-7-8-14(25)18(29-3)17(13)24(27)28/h4-9,16,25H,1-3H3,(H,22,26)(H2,21,23,30)/t16-/m0/s1. The Kier molecular flexibility index (Phi) is 5.88. The second kappa shape index (κ2) is 8.37. The number of benzene rings is 2. The van der Waals surface area contributed by atoms with Crippen LogP contribution >= 0.6 is 12.2 Å². The van der Waals surface area contributed by atoms with Gasteiger partial charge in [0.1, 0.15) is 0 Å². The molecule has 0 spiro atoms. The topological polar surface area (TPSA) is 126 Å². The molecule has 1 aliphatic heterocycles. The largest absolute Gasteiger partial charge is 0.504 e. The zero-order valence-corrected chi connectivity index (χ0v) is 17.3. The minimum Gasteiger partial charge on any atom is -0.504 e. The first-order chi connectivity index (χ1) is 14.2. The van der Waals surface area contributed by atoms with Gasteiger partial charge in [0.25, 0.3) is 5.91 Å². The number of carbonyl (C=O) groups excluding carboxylic acids is 1. The van der Waals surface area contributed by atoms with Crippen molar-refractivity contribution in [2.75, 3.05) is 12.4 Å². The van der Waals surface area contributed by atoms with Crippen LogP contribution in [0.15, 0.2) is 47.7 Å². The van der Waals surface area contributed by atoms with Gasteiger partial charge in [-0.3, -0.25) is 14.9 Å². The normalized spacial score (nSPS) is 15.8. The smallest absolute Gasteiger partial charge is 0.320 e. The molecular weight excluding hydrogens is 408 g/mol. The molecule has 0 unspecified atom stereocenters. The lowest BCUT2D eigenvalue weighted by molar-refractivity contribution is -0.386. The number of carbonyl (C=O) groups is 1. The van der Waals surface area contributed by atoms with Crippen molar-refractivity contribution in [3.05, 3.63) is 68.9 Å². The summed E-state index contributed by atoms with van der Waals surface area (Å²) in [6, 6.07) is 8.98. The molecule has 0 saturated heterocycles. The van der Waals surface area contributed by atoms with Crippen LogP contribution in [0.1, 0.15) is 24.1 Å². The van der Waals surface area contributed by atoms with Crippen molar-refractivity contribution in [1.82, 2.24) is 10.6 Å². The number of phenols is 1. The maximum atomic E-state index is 13.1. The average molecular weight is 428 g/mol. The molecule has 4 N–H and O–H groups in total. The molecule has 30 heavy (non-hydrogen) atoms. The van der Waals surface area contributed by atoms with E-state index in [2.05, 4.69) is 16.0 Å². The first-order valence-corrected chi connectivity index (χ1v) is 9.34. The van der Waals surface area contributed by atoms with Crippen molar-refractivity contribution >= 4 is 34.6 Å². The number of thiocarbonyl (C=S) groups is 1. The van der Waals surface area contributed by atoms with Crippen LogP contribution in [0.5, 0.6) is 11.5 Å². The zero-order valence-electron chi connectivity index (χ0n) is 16.5. The van der Waals surface area contributed by atoms with Crippen molar-refractivity contribution in [2.24, 2.45) is 0 Å². The number of allylic oxidation sites excluding steroid dienone is 1. The molecule has 0 bridgehead atoms. The molecule has 1 heterocycles. The molecular formula is C20H20N4O5S. The predicted molar refractivity (Wildman–Crippen MR) is 115 cm³/mol. The van der Waals surface area contributed by atoms with E-state index in [1.165, 1.54) is 19.2 Å². The third-order valence-corrected chi connectivity index (χ3v) is 4.85. The van der Waals surface area contributed by atoms with Gasteiger partial charge in [-0.15, -0.1) is 0 Å². The van der Waals surface area contributed by atoms with Gasteiger partial charge >= 0.3 is 5.69 Å². The summed E-state index contributed by atoms with van der Waals surface area (Å²) in [6.07, 6.45) is 0. The summed E-state index contributed by atoms with van der Waals surface area (Å²) < 4.78 is 5.04. The fraction of sp³-hybridized carbons (Fsp3) is 0.200. The highest BCUT2D eigenvalue weighted by Gasteiger charge is 2.36. The Morgan fingerprint density at radius 3 is 2.67 bits per heavy atom. The van der Waals surface area contributed by atoms with Crippen molar-refractivity contribution < 1.29 is 19.6 Å². The summed E-state index contributed by atoms with van der Waals surface area (Å²) in [5, 5.41) is 30.6. The summed E-state index contributed by atoms with van der Waals surface area (Å²) >= 11 is 5.20. The quantitative estimate of drug-likeness (QED) is 0.325. The van der Waals surface area contributed by atoms with Gasteiger partial charge in [0.15, 0.2) is 10.9 Å². The van der Waals surface area contributed by atoms with Gasteiger partial charge in [-0.1, -0.05) is 12.1 Å². The van der Waals surface area contributed by atoms with Crippen LogP contribution < -0.4 is 20.7 Å². The van der Waals surface area contributed by atoms with Gasteiger partial charge in [-0.2, -0.15) is 0 Å². The van der Waals surface area contributed by atoms with Gasteiger partial charge in [0.05, 0.1) is 29.2 Å². The number of aromatic hydroxyl groups is 1. The third-order valence-electron chi connectivity index (χ3n) is 4.63. The van der Waals surface area contributed by atoms with Crippen LogP contribution in [0.25, 0.3) is 0 Å². The van der Waals surface area contributed by atoms with E-state index in [0.29, 0.717) is 11.4 Å². The van der Waals surface area contributed by atoms with Gasteiger partial charge in [0.2, 0.25) is 5.75 Å². The molecule has 1 amide bonds. The number of methoxy groups -OCH3 is 1. The number of hydrogen-bond donors (Lipinski definition) is 4. The van der Waals surface area contributed by atoms with Crippen LogP contribution in [0, 0.1) is 17.0 Å². The third kappa shape index (κ3) is 4.03. The van der Waals surface area contributed by atoms with Gasteiger partial charge in [-0.05, 0) is 55.9 Å². The Morgan fingerprint density at radius 1 is 1.30 bits per heavy atom. The number of aryl methyl sites for hydroxylation is 1. The summed E-state index contributed by atoms with van der Waals surface area (Å²) in [7, 11) is 1.22. The molecule has 3 rings (SSSR count). The minimum atomic E-state index is -0.932. The van der Waals surface area contributed by atoms with Crippen molar-refractivity contribution in [2.45, 2.75) is 19.9 Å². The highest BCUT2D eigenvalue weighted by atomic mass is 32.1. The van der Waals surface area contributed by atoms with E-state index in [1.54, 1.807) is 13.0 Å². The van der Waals surface area contributed by atoms with E-state index >= 15 is 0 Å². The van der Waals surface area contributed by atoms with E-state index in [-0.39, 0.29) is 27.7 Å². The number of nitrogens with zero attached hydrogens (tertiary/aromatic N) is 1. The Bertz CT molecular complexity index is 1080. The lowest BCUT2D eigenvalue weighted by atomic mass is 9.93. The molecule has 1 aliphatic rings. The van der Waals surface area contributed by atoms with Crippen LogP contribution in [0.2, 0.25) is 0 Å². The predicted octanol–water partition coefficient (Wildman–Crippen LogP) is 3.05.